The van der Waals surface area contributed by atoms with E-state index >= 15 is 4.39 Å². The van der Waals surface area contributed by atoms with Gasteiger partial charge in [-0.3, -0.25) is 24.0 Å². The Labute approximate surface area is 233 Å². The topological polar surface area (TPSA) is 205 Å². The quantitative estimate of drug-likeness (QED) is 0.177. The van der Waals surface area contributed by atoms with Crippen molar-refractivity contribution >= 4 is 41.9 Å². The predicted molar refractivity (Wildman–Crippen MR) is 128 cm³/mol. The molecule has 1 rings (SSSR count). The summed E-state index contributed by atoms with van der Waals surface area (Å²) in [6, 6.07) is -1.90. The van der Waals surface area contributed by atoms with Crippen molar-refractivity contribution in [3.8, 4) is 0 Å². The lowest BCUT2D eigenvalue weighted by atomic mass is 9.86. The van der Waals surface area contributed by atoms with E-state index in [9.17, 15) is 33.6 Å². The Balaban J connectivity index is 3.98. The number of halogens is 1. The van der Waals surface area contributed by atoms with Gasteiger partial charge in [-0.25, -0.2) is 14.0 Å². The van der Waals surface area contributed by atoms with Crippen LogP contribution in [0.1, 0.15) is 34.6 Å². The van der Waals surface area contributed by atoms with Gasteiger partial charge in [0.2, 0.25) is 6.17 Å². The summed E-state index contributed by atoms with van der Waals surface area (Å²) in [5, 5.41) is 2.18. The molecule has 0 aromatic rings. The number of carbonyl (C=O) groups is 7. The van der Waals surface area contributed by atoms with Crippen LogP contribution in [0.25, 0.3) is 0 Å². The number of alkyl carbamates (subject to hydrolysis) is 1. The molecule has 0 radical (unpaired) electrons. The summed E-state index contributed by atoms with van der Waals surface area (Å²) >= 11 is 0. The van der Waals surface area contributed by atoms with Crippen molar-refractivity contribution in [2.24, 2.45) is 0 Å². The van der Waals surface area contributed by atoms with E-state index in [4.69, 9.17) is 33.2 Å². The molecule has 1 aliphatic heterocycles. The van der Waals surface area contributed by atoms with Crippen LogP contribution in [0.5, 0.6) is 0 Å². The average Bonchev–Trinajstić information content (AvgIpc) is 2.86. The molecule has 1 unspecified atom stereocenters. The first-order valence-corrected chi connectivity index (χ1v) is 11.9. The molecule has 0 saturated carbocycles. The molecule has 0 bridgehead atoms. The number of amides is 1. The summed E-state index contributed by atoms with van der Waals surface area (Å²) in [6.07, 6.45) is -10.9. The van der Waals surface area contributed by atoms with Crippen molar-refractivity contribution < 1.29 is 75.8 Å². The summed E-state index contributed by atoms with van der Waals surface area (Å²) in [5.74, 6) is -10.3. The Morgan fingerprint density at radius 2 is 1.54 bits per heavy atom. The molecule has 41 heavy (non-hydrogen) atoms. The molecule has 0 aromatic heterocycles. The van der Waals surface area contributed by atoms with E-state index in [0.29, 0.717) is 0 Å². The standard InChI is InChI=1S/C24H32FNO15/c1-8-9-35-23(33)26-17-19(18(38-13(4)29)16(37-12(3)28)10-36-11(2)27)41-24(22(32)34-7,40-15(6)31)21(25)20(17)39-14(5)30/h8,16-21H,1,9-10H2,2-7H3,(H,26,33)/t16-,17+,18-,19-,20-,21-,24?/m1/s1. The van der Waals surface area contributed by atoms with Gasteiger partial charge in [0.1, 0.15) is 25.4 Å². The van der Waals surface area contributed by atoms with E-state index in [-0.39, 0.29) is 6.61 Å². The van der Waals surface area contributed by atoms with Crippen LogP contribution in [0, 0.1) is 0 Å². The highest BCUT2D eigenvalue weighted by molar-refractivity contribution is 5.83. The third-order valence-corrected chi connectivity index (χ3v) is 5.12. The van der Waals surface area contributed by atoms with Crippen molar-refractivity contribution in [1.82, 2.24) is 5.32 Å². The van der Waals surface area contributed by atoms with Crippen LogP contribution in [0.3, 0.4) is 0 Å². The Bertz CT molecular complexity index is 1030. The lowest BCUT2D eigenvalue weighted by Gasteiger charge is -2.49. The second-order valence-electron chi connectivity index (χ2n) is 8.39. The molecule has 1 amide bonds. The average molecular weight is 594 g/mol. The number of carbonyl (C=O) groups excluding carboxylic acids is 7. The number of hydrogen-bond donors (Lipinski definition) is 1. The number of methoxy groups -OCH3 is 1. The molecule has 0 aliphatic carbocycles. The van der Waals surface area contributed by atoms with E-state index in [1.165, 1.54) is 6.08 Å². The summed E-state index contributed by atoms with van der Waals surface area (Å²) in [7, 11) is 0.794. The van der Waals surface area contributed by atoms with Gasteiger partial charge in [0.15, 0.2) is 18.3 Å². The summed E-state index contributed by atoms with van der Waals surface area (Å²) in [4.78, 5) is 85.1. The molecule has 7 atom stereocenters. The minimum Gasteiger partial charge on any atom is -0.464 e. The van der Waals surface area contributed by atoms with Crippen LogP contribution in [0.2, 0.25) is 0 Å². The summed E-state index contributed by atoms with van der Waals surface area (Å²) < 4.78 is 56.6. The minimum absolute atomic E-state index is 0.337. The molecule has 0 spiro atoms. The lowest BCUT2D eigenvalue weighted by molar-refractivity contribution is -0.326. The van der Waals surface area contributed by atoms with Gasteiger partial charge in [0.05, 0.1) is 7.11 Å². The first kappa shape index (κ1) is 34.7. The number of ether oxygens (including phenoxy) is 8. The van der Waals surface area contributed by atoms with Crippen LogP contribution in [-0.2, 0) is 66.7 Å². The number of nitrogens with one attached hydrogen (secondary N) is 1. The number of alkyl halides is 1. The molecule has 230 valence electrons. The van der Waals surface area contributed by atoms with Crippen molar-refractivity contribution in [2.75, 3.05) is 20.3 Å². The fraction of sp³-hybridized carbons (Fsp3) is 0.625. The van der Waals surface area contributed by atoms with E-state index in [2.05, 4.69) is 16.6 Å². The molecule has 1 N–H and O–H groups in total. The van der Waals surface area contributed by atoms with Gasteiger partial charge >= 0.3 is 47.7 Å². The zero-order valence-corrected chi connectivity index (χ0v) is 23.2. The van der Waals surface area contributed by atoms with Crippen molar-refractivity contribution in [3.05, 3.63) is 12.7 Å². The molecule has 0 aromatic carbocycles. The zero-order chi connectivity index (χ0) is 31.5. The van der Waals surface area contributed by atoms with Crippen molar-refractivity contribution in [1.29, 1.82) is 0 Å². The molecule has 1 saturated heterocycles. The molecular formula is C24H32FNO15. The third kappa shape index (κ3) is 9.70. The van der Waals surface area contributed by atoms with Gasteiger partial charge < -0.3 is 43.2 Å². The maximum absolute atomic E-state index is 16.2. The Kier molecular flexibility index (Phi) is 13.1. The SMILES string of the molecule is C=CCOC(=O)N[C@H]1[C@H]([C@H](OC(C)=O)[C@@H](COC(C)=O)OC(C)=O)OC(OC(C)=O)(C(=O)OC)[C@H](F)[C@@H]1OC(C)=O. The van der Waals surface area contributed by atoms with Crippen LogP contribution in [0.15, 0.2) is 12.7 Å². The molecule has 17 heteroatoms. The molecular weight excluding hydrogens is 561 g/mol. The fourth-order valence-corrected chi connectivity index (χ4v) is 3.79. The molecule has 1 heterocycles. The van der Waals surface area contributed by atoms with Gasteiger partial charge in [0, 0.05) is 34.6 Å². The minimum atomic E-state index is -3.31. The van der Waals surface area contributed by atoms with Crippen LogP contribution >= 0.6 is 0 Å². The fourth-order valence-electron chi connectivity index (χ4n) is 3.79. The third-order valence-electron chi connectivity index (χ3n) is 5.12. The van der Waals surface area contributed by atoms with Gasteiger partial charge in [-0.15, -0.1) is 0 Å². The normalized spacial score (nSPS) is 24.8. The zero-order valence-electron chi connectivity index (χ0n) is 23.2. The molecule has 1 fully saturated rings. The Hall–Kier alpha value is -4.28. The van der Waals surface area contributed by atoms with Crippen molar-refractivity contribution in [2.45, 2.75) is 77.0 Å². The van der Waals surface area contributed by atoms with Crippen LogP contribution < -0.4 is 5.32 Å². The van der Waals surface area contributed by atoms with Gasteiger partial charge in [-0.05, 0) is 0 Å². The summed E-state index contributed by atoms with van der Waals surface area (Å²) in [6.45, 7) is 6.78. The first-order chi connectivity index (χ1) is 19.1. The van der Waals surface area contributed by atoms with Crippen molar-refractivity contribution in [3.63, 3.8) is 0 Å². The highest BCUT2D eigenvalue weighted by Gasteiger charge is 2.67. The second-order valence-corrected chi connectivity index (χ2v) is 8.39. The maximum Gasteiger partial charge on any atom is 0.407 e. The molecule has 16 nitrogen and oxygen atoms in total. The van der Waals surface area contributed by atoms with Gasteiger partial charge in [0.25, 0.3) is 0 Å². The largest absolute Gasteiger partial charge is 0.464 e. The smallest absolute Gasteiger partial charge is 0.407 e. The van der Waals surface area contributed by atoms with E-state index in [1.54, 1.807) is 0 Å². The molecule has 1 aliphatic rings. The number of esters is 6. The Morgan fingerprint density at radius 3 is 2.00 bits per heavy atom. The Morgan fingerprint density at radius 1 is 0.927 bits per heavy atom. The van der Waals surface area contributed by atoms with Gasteiger partial charge in [-0.1, -0.05) is 12.7 Å². The maximum atomic E-state index is 16.2. The van der Waals surface area contributed by atoms with E-state index < -0.39 is 90.9 Å². The predicted octanol–water partition coefficient (Wildman–Crippen LogP) is -0.205. The first-order valence-electron chi connectivity index (χ1n) is 11.9. The monoisotopic (exact) mass is 593 g/mol. The second kappa shape index (κ2) is 15.5. The van der Waals surface area contributed by atoms with Gasteiger partial charge in [-0.2, -0.15) is 0 Å². The number of hydrogen-bond acceptors (Lipinski definition) is 15. The highest BCUT2D eigenvalue weighted by atomic mass is 19.1. The van der Waals surface area contributed by atoms with Crippen LogP contribution in [-0.4, -0.2) is 105 Å². The van der Waals surface area contributed by atoms with E-state index in [0.717, 1.165) is 41.7 Å². The van der Waals surface area contributed by atoms with Crippen LogP contribution in [0.4, 0.5) is 9.18 Å². The highest BCUT2D eigenvalue weighted by Crippen LogP contribution is 2.39. The summed E-state index contributed by atoms with van der Waals surface area (Å²) in [5.41, 5.74) is 0. The lowest BCUT2D eigenvalue weighted by Crippen LogP contribution is -2.74. The number of rotatable bonds is 12. The van der Waals surface area contributed by atoms with E-state index in [1.807, 2.05) is 0 Å².